The molecule has 0 spiro atoms. The lowest BCUT2D eigenvalue weighted by Gasteiger charge is -2.12. The van der Waals surface area contributed by atoms with E-state index in [1.54, 1.807) is 6.26 Å². The van der Waals surface area contributed by atoms with Crippen LogP contribution >= 0.6 is 11.6 Å². The zero-order valence-electron chi connectivity index (χ0n) is 13.3. The van der Waals surface area contributed by atoms with Gasteiger partial charge in [-0.15, -0.1) is 0 Å². The number of nitrogens with two attached hydrogens (primary N) is 1. The Hall–Kier alpha value is -2.73. The first-order valence-electron chi connectivity index (χ1n) is 7.36. The van der Waals surface area contributed by atoms with E-state index in [-0.39, 0.29) is 5.88 Å². The molecule has 0 radical (unpaired) electrons. The first-order valence-corrected chi connectivity index (χ1v) is 7.73. The molecule has 1 aromatic carbocycles. The average molecular weight is 345 g/mol. The third kappa shape index (κ3) is 3.44. The van der Waals surface area contributed by atoms with Gasteiger partial charge in [-0.3, -0.25) is 0 Å². The van der Waals surface area contributed by atoms with Crippen molar-refractivity contribution in [3.63, 3.8) is 0 Å². The van der Waals surface area contributed by atoms with Crippen molar-refractivity contribution in [2.24, 2.45) is 0 Å². The number of hydrogen-bond donors (Lipinski definition) is 2. The van der Waals surface area contributed by atoms with Gasteiger partial charge < -0.3 is 20.2 Å². The van der Waals surface area contributed by atoms with Crippen molar-refractivity contribution in [3.05, 3.63) is 58.8 Å². The van der Waals surface area contributed by atoms with Crippen molar-refractivity contribution in [1.29, 1.82) is 0 Å². The largest absolute Gasteiger partial charge is 0.467 e. The monoisotopic (exact) mass is 344 g/mol. The molecular formula is C17H17ClN4O2. The van der Waals surface area contributed by atoms with Gasteiger partial charge in [0.15, 0.2) is 5.82 Å². The van der Waals surface area contributed by atoms with Gasteiger partial charge in [0.2, 0.25) is 5.88 Å². The van der Waals surface area contributed by atoms with E-state index in [1.807, 2.05) is 38.1 Å². The Morgan fingerprint density at radius 2 is 2.00 bits per heavy atom. The number of furan rings is 1. The standard InChI is InChI=1S/C17H17ClN4O2/c1-10-6-13(7-11(2)14(10)18)24-17-15(19)16(21-9-22-17)20-8-12-4-3-5-23-12/h3-7,9H,8,19H2,1-2H3,(H,20,21,22). The van der Waals surface area contributed by atoms with Crippen molar-refractivity contribution in [3.8, 4) is 11.6 Å². The molecule has 0 aliphatic carbocycles. The van der Waals surface area contributed by atoms with Crippen LogP contribution < -0.4 is 15.8 Å². The van der Waals surface area contributed by atoms with Crippen LogP contribution in [0.15, 0.2) is 41.3 Å². The number of benzene rings is 1. The topological polar surface area (TPSA) is 86.2 Å². The van der Waals surface area contributed by atoms with E-state index in [9.17, 15) is 0 Å². The number of nitrogens with zero attached hydrogens (tertiary/aromatic N) is 2. The minimum Gasteiger partial charge on any atom is -0.467 e. The summed E-state index contributed by atoms with van der Waals surface area (Å²) in [5, 5.41) is 3.82. The number of halogens is 1. The molecule has 0 bridgehead atoms. The van der Waals surface area contributed by atoms with Crippen LogP contribution in [0.2, 0.25) is 5.02 Å². The Morgan fingerprint density at radius 1 is 1.25 bits per heavy atom. The minimum absolute atomic E-state index is 0.285. The Bertz CT molecular complexity index is 827. The van der Waals surface area contributed by atoms with Crippen LogP contribution in [0.4, 0.5) is 11.5 Å². The Morgan fingerprint density at radius 3 is 2.67 bits per heavy atom. The summed E-state index contributed by atoms with van der Waals surface area (Å²) in [6, 6.07) is 7.36. The summed E-state index contributed by atoms with van der Waals surface area (Å²) in [6.07, 6.45) is 3.01. The predicted molar refractivity (Wildman–Crippen MR) is 93.5 cm³/mol. The van der Waals surface area contributed by atoms with E-state index >= 15 is 0 Å². The second kappa shape index (κ2) is 6.80. The summed E-state index contributed by atoms with van der Waals surface area (Å²) in [4.78, 5) is 8.25. The molecule has 2 aromatic heterocycles. The maximum Gasteiger partial charge on any atom is 0.248 e. The highest BCUT2D eigenvalue weighted by Crippen LogP contribution is 2.32. The second-order valence-electron chi connectivity index (χ2n) is 5.35. The van der Waals surface area contributed by atoms with Crippen LogP contribution in [0, 0.1) is 13.8 Å². The van der Waals surface area contributed by atoms with Crippen molar-refractivity contribution < 1.29 is 9.15 Å². The minimum atomic E-state index is 0.285. The summed E-state index contributed by atoms with van der Waals surface area (Å²) < 4.78 is 11.1. The lowest BCUT2D eigenvalue weighted by atomic mass is 10.1. The molecule has 0 aliphatic heterocycles. The smallest absolute Gasteiger partial charge is 0.248 e. The van der Waals surface area contributed by atoms with Crippen molar-refractivity contribution >= 4 is 23.1 Å². The van der Waals surface area contributed by atoms with E-state index in [0.29, 0.717) is 23.8 Å². The molecule has 124 valence electrons. The fourth-order valence-electron chi connectivity index (χ4n) is 2.26. The fourth-order valence-corrected chi connectivity index (χ4v) is 2.37. The number of nitrogen functional groups attached to an aromatic ring is 1. The van der Waals surface area contributed by atoms with Gasteiger partial charge in [0, 0.05) is 5.02 Å². The van der Waals surface area contributed by atoms with E-state index in [1.165, 1.54) is 6.33 Å². The zero-order valence-corrected chi connectivity index (χ0v) is 14.1. The Balaban J connectivity index is 1.80. The summed E-state index contributed by atoms with van der Waals surface area (Å²) >= 11 is 6.17. The van der Waals surface area contributed by atoms with Crippen LogP contribution in [0.25, 0.3) is 0 Å². The van der Waals surface area contributed by atoms with Crippen LogP contribution in [0.3, 0.4) is 0 Å². The number of nitrogens with one attached hydrogen (secondary N) is 1. The van der Waals surface area contributed by atoms with Crippen LogP contribution in [0.5, 0.6) is 11.6 Å². The molecular weight excluding hydrogens is 328 g/mol. The first kappa shape index (κ1) is 16.1. The molecule has 0 amide bonds. The summed E-state index contributed by atoms with van der Waals surface area (Å²) in [7, 11) is 0. The van der Waals surface area contributed by atoms with Crippen LogP contribution in [-0.2, 0) is 6.54 Å². The van der Waals surface area contributed by atoms with E-state index in [4.69, 9.17) is 26.5 Å². The number of anilines is 2. The van der Waals surface area contributed by atoms with Gasteiger partial charge in [-0.25, -0.2) is 4.98 Å². The van der Waals surface area contributed by atoms with Crippen molar-refractivity contribution in [1.82, 2.24) is 9.97 Å². The summed E-state index contributed by atoms with van der Waals surface area (Å²) in [5.74, 6) is 2.17. The maximum atomic E-state index is 6.17. The summed E-state index contributed by atoms with van der Waals surface area (Å²) in [6.45, 7) is 4.30. The van der Waals surface area contributed by atoms with Gasteiger partial charge in [-0.2, -0.15) is 4.98 Å². The highest BCUT2D eigenvalue weighted by molar-refractivity contribution is 6.32. The van der Waals surface area contributed by atoms with Gasteiger partial charge in [0.05, 0.1) is 12.8 Å². The van der Waals surface area contributed by atoms with Crippen LogP contribution in [0.1, 0.15) is 16.9 Å². The third-order valence-electron chi connectivity index (χ3n) is 3.48. The lowest BCUT2D eigenvalue weighted by molar-refractivity contribution is 0.463. The summed E-state index contributed by atoms with van der Waals surface area (Å²) in [5.41, 5.74) is 8.29. The van der Waals surface area contributed by atoms with Crippen molar-refractivity contribution in [2.45, 2.75) is 20.4 Å². The fraction of sp³-hybridized carbons (Fsp3) is 0.176. The molecule has 3 rings (SSSR count). The van der Waals surface area contributed by atoms with Gasteiger partial charge in [-0.1, -0.05) is 11.6 Å². The van der Waals surface area contributed by atoms with Gasteiger partial charge in [-0.05, 0) is 49.2 Å². The molecule has 0 atom stereocenters. The molecule has 0 unspecified atom stereocenters. The number of hydrogen-bond acceptors (Lipinski definition) is 6. The maximum absolute atomic E-state index is 6.17. The van der Waals surface area contributed by atoms with Gasteiger partial charge >= 0.3 is 0 Å². The Labute approximate surface area is 144 Å². The van der Waals surface area contributed by atoms with Crippen LogP contribution in [-0.4, -0.2) is 9.97 Å². The van der Waals surface area contributed by atoms with Gasteiger partial charge in [0.1, 0.15) is 23.5 Å². The quantitative estimate of drug-likeness (QED) is 0.716. The highest BCUT2D eigenvalue weighted by atomic mass is 35.5. The molecule has 24 heavy (non-hydrogen) atoms. The molecule has 3 aromatic rings. The first-order chi connectivity index (χ1) is 11.5. The third-order valence-corrected chi connectivity index (χ3v) is 4.08. The number of ether oxygens (including phenoxy) is 1. The normalized spacial score (nSPS) is 10.6. The lowest BCUT2D eigenvalue weighted by Crippen LogP contribution is -2.06. The number of aromatic nitrogens is 2. The molecule has 0 saturated heterocycles. The van der Waals surface area contributed by atoms with E-state index in [2.05, 4.69) is 15.3 Å². The Kier molecular flexibility index (Phi) is 4.57. The molecule has 0 fully saturated rings. The molecule has 0 saturated carbocycles. The van der Waals surface area contributed by atoms with E-state index < -0.39 is 0 Å². The van der Waals surface area contributed by atoms with Gasteiger partial charge in [0.25, 0.3) is 0 Å². The second-order valence-corrected chi connectivity index (χ2v) is 5.73. The molecule has 6 nitrogen and oxygen atoms in total. The predicted octanol–water partition coefficient (Wildman–Crippen LogP) is 4.33. The average Bonchev–Trinajstić information content (AvgIpc) is 3.07. The van der Waals surface area contributed by atoms with Crippen molar-refractivity contribution in [2.75, 3.05) is 11.1 Å². The number of aryl methyl sites for hydroxylation is 2. The number of rotatable bonds is 5. The molecule has 2 heterocycles. The molecule has 0 aliphatic rings. The van der Waals surface area contributed by atoms with E-state index in [0.717, 1.165) is 21.9 Å². The SMILES string of the molecule is Cc1cc(Oc2ncnc(NCc3ccco3)c2N)cc(C)c1Cl. The highest BCUT2D eigenvalue weighted by Gasteiger charge is 2.12. The zero-order chi connectivity index (χ0) is 17.1. The molecule has 3 N–H and O–H groups in total. The molecule has 7 heteroatoms.